The van der Waals surface area contributed by atoms with Gasteiger partial charge in [-0.1, -0.05) is 19.3 Å². The van der Waals surface area contributed by atoms with Crippen molar-refractivity contribution in [2.45, 2.75) is 48.3 Å². The molecule has 1 saturated carbocycles. The number of nitrogens with one attached hydrogen (secondary N) is 1. The minimum absolute atomic E-state index is 0.319. The van der Waals surface area contributed by atoms with Gasteiger partial charge >= 0.3 is 0 Å². The zero-order valence-electron chi connectivity index (χ0n) is 10.6. The van der Waals surface area contributed by atoms with Crippen LogP contribution in [-0.4, -0.2) is 18.3 Å². The Kier molecular flexibility index (Phi) is 5.01. The zero-order valence-corrected chi connectivity index (χ0v) is 11.4. The fourth-order valence-corrected chi connectivity index (χ4v) is 3.88. The van der Waals surface area contributed by atoms with E-state index in [1.165, 1.54) is 49.2 Å². The molecule has 0 aliphatic heterocycles. The third-order valence-electron chi connectivity index (χ3n) is 3.49. The molecule has 1 aliphatic carbocycles. The van der Waals surface area contributed by atoms with Gasteiger partial charge in [0.1, 0.15) is 11.6 Å². The van der Waals surface area contributed by atoms with Crippen LogP contribution in [0.4, 0.5) is 8.78 Å². The van der Waals surface area contributed by atoms with Crippen molar-refractivity contribution in [3.05, 3.63) is 29.8 Å². The number of benzene rings is 1. The van der Waals surface area contributed by atoms with Crippen molar-refractivity contribution in [3.63, 3.8) is 0 Å². The molecule has 0 bridgehead atoms. The predicted molar refractivity (Wildman–Crippen MR) is 71.9 cm³/mol. The highest BCUT2D eigenvalue weighted by Gasteiger charge is 2.24. The van der Waals surface area contributed by atoms with Crippen molar-refractivity contribution in [2.24, 2.45) is 0 Å². The summed E-state index contributed by atoms with van der Waals surface area (Å²) in [4.78, 5) is 0.433. The highest BCUT2D eigenvalue weighted by Crippen LogP contribution is 2.34. The first-order valence-electron chi connectivity index (χ1n) is 6.49. The van der Waals surface area contributed by atoms with Gasteiger partial charge in [0.05, 0.1) is 0 Å². The van der Waals surface area contributed by atoms with Gasteiger partial charge in [0.25, 0.3) is 0 Å². The van der Waals surface area contributed by atoms with E-state index in [0.29, 0.717) is 16.2 Å². The van der Waals surface area contributed by atoms with Crippen molar-refractivity contribution in [1.29, 1.82) is 0 Å². The van der Waals surface area contributed by atoms with Gasteiger partial charge in [-0.05, 0) is 38.1 Å². The van der Waals surface area contributed by atoms with E-state index in [1.807, 2.05) is 7.05 Å². The maximum Gasteiger partial charge on any atom is 0.136 e. The summed E-state index contributed by atoms with van der Waals surface area (Å²) in [5.41, 5.74) is 0. The molecule has 0 heterocycles. The Morgan fingerprint density at radius 1 is 1.17 bits per heavy atom. The van der Waals surface area contributed by atoms with Gasteiger partial charge in [-0.25, -0.2) is 8.78 Å². The van der Waals surface area contributed by atoms with E-state index in [1.54, 1.807) is 0 Å². The predicted octanol–water partition coefficient (Wildman–Crippen LogP) is 3.98. The van der Waals surface area contributed by atoms with E-state index in [2.05, 4.69) is 5.32 Å². The van der Waals surface area contributed by atoms with Crippen molar-refractivity contribution in [2.75, 3.05) is 7.05 Å². The van der Waals surface area contributed by atoms with Crippen molar-refractivity contribution in [3.8, 4) is 0 Å². The van der Waals surface area contributed by atoms with Crippen LogP contribution in [0.5, 0.6) is 0 Å². The fourth-order valence-electron chi connectivity index (χ4n) is 2.48. The highest BCUT2D eigenvalue weighted by atomic mass is 32.2. The highest BCUT2D eigenvalue weighted by molar-refractivity contribution is 8.00. The molecule has 0 saturated heterocycles. The quantitative estimate of drug-likeness (QED) is 0.835. The molecule has 1 fully saturated rings. The Bertz CT molecular complexity index is 397. The van der Waals surface area contributed by atoms with Gasteiger partial charge in [-0.3, -0.25) is 0 Å². The molecular weight excluding hydrogens is 252 g/mol. The molecule has 18 heavy (non-hydrogen) atoms. The second kappa shape index (κ2) is 6.53. The van der Waals surface area contributed by atoms with Gasteiger partial charge in [0.2, 0.25) is 0 Å². The van der Waals surface area contributed by atoms with Gasteiger partial charge in [0.15, 0.2) is 0 Å². The minimum atomic E-state index is -0.367. The molecule has 1 aliphatic rings. The maximum absolute atomic E-state index is 13.6. The van der Waals surface area contributed by atoms with Crippen molar-refractivity contribution >= 4 is 11.8 Å². The number of hydrogen-bond acceptors (Lipinski definition) is 2. The number of halogens is 2. The molecule has 0 spiro atoms. The van der Waals surface area contributed by atoms with Crippen LogP contribution in [-0.2, 0) is 0 Å². The van der Waals surface area contributed by atoms with Crippen LogP contribution < -0.4 is 5.32 Å². The molecule has 2 rings (SSSR count). The summed E-state index contributed by atoms with van der Waals surface area (Å²) in [6.45, 7) is 0. The number of rotatable bonds is 3. The van der Waals surface area contributed by atoms with E-state index in [9.17, 15) is 8.78 Å². The van der Waals surface area contributed by atoms with E-state index in [-0.39, 0.29) is 11.6 Å². The maximum atomic E-state index is 13.6. The summed E-state index contributed by atoms with van der Waals surface area (Å²) in [6.07, 6.45) is 5.80. The smallest absolute Gasteiger partial charge is 0.136 e. The molecule has 0 amide bonds. The molecule has 1 aromatic carbocycles. The van der Waals surface area contributed by atoms with Crippen LogP contribution in [0.25, 0.3) is 0 Å². The molecule has 100 valence electrons. The van der Waals surface area contributed by atoms with Gasteiger partial charge in [-0.2, -0.15) is 0 Å². The fraction of sp³-hybridized carbons (Fsp3) is 0.571. The SMILES string of the molecule is CNC1CCCCCC1Sc1cc(F)ccc1F. The summed E-state index contributed by atoms with van der Waals surface area (Å²) in [6, 6.07) is 4.07. The molecule has 2 atom stereocenters. The van der Waals surface area contributed by atoms with E-state index in [0.717, 1.165) is 12.8 Å². The van der Waals surface area contributed by atoms with Crippen LogP contribution in [0.15, 0.2) is 23.1 Å². The molecule has 0 aromatic heterocycles. The van der Waals surface area contributed by atoms with Crippen molar-refractivity contribution in [1.82, 2.24) is 5.32 Å². The monoisotopic (exact) mass is 271 g/mol. The van der Waals surface area contributed by atoms with Gasteiger partial charge in [0, 0.05) is 16.2 Å². The number of hydrogen-bond donors (Lipinski definition) is 1. The lowest BCUT2D eigenvalue weighted by Gasteiger charge is -2.24. The first-order valence-corrected chi connectivity index (χ1v) is 7.37. The first kappa shape index (κ1) is 13.8. The molecule has 1 N–H and O–H groups in total. The Morgan fingerprint density at radius 3 is 2.72 bits per heavy atom. The number of thioether (sulfide) groups is 1. The molecule has 1 nitrogen and oxygen atoms in total. The largest absolute Gasteiger partial charge is 0.316 e. The summed E-state index contributed by atoms with van der Waals surface area (Å²) in [7, 11) is 1.95. The average molecular weight is 271 g/mol. The summed E-state index contributed by atoms with van der Waals surface area (Å²) in [5.74, 6) is -0.686. The second-order valence-corrected chi connectivity index (χ2v) is 6.05. The lowest BCUT2D eigenvalue weighted by atomic mass is 10.1. The Balaban J connectivity index is 2.12. The molecule has 1 aromatic rings. The lowest BCUT2D eigenvalue weighted by Crippen LogP contribution is -2.34. The van der Waals surface area contributed by atoms with Crippen LogP contribution in [0, 0.1) is 11.6 Å². The molecular formula is C14H19F2NS. The molecule has 4 heteroatoms. The molecule has 2 unspecified atom stereocenters. The van der Waals surface area contributed by atoms with Crippen LogP contribution in [0.3, 0.4) is 0 Å². The topological polar surface area (TPSA) is 12.0 Å². The Morgan fingerprint density at radius 2 is 1.94 bits per heavy atom. The minimum Gasteiger partial charge on any atom is -0.316 e. The lowest BCUT2D eigenvalue weighted by molar-refractivity contribution is 0.508. The van der Waals surface area contributed by atoms with Crippen LogP contribution in [0.2, 0.25) is 0 Å². The third kappa shape index (κ3) is 3.45. The third-order valence-corrected chi connectivity index (χ3v) is 4.93. The Hall–Kier alpha value is -0.610. The van der Waals surface area contributed by atoms with Crippen LogP contribution >= 0.6 is 11.8 Å². The zero-order chi connectivity index (χ0) is 13.0. The van der Waals surface area contributed by atoms with E-state index in [4.69, 9.17) is 0 Å². The van der Waals surface area contributed by atoms with Crippen LogP contribution in [0.1, 0.15) is 32.1 Å². The second-order valence-electron chi connectivity index (χ2n) is 4.76. The van der Waals surface area contributed by atoms with E-state index >= 15 is 0 Å². The van der Waals surface area contributed by atoms with E-state index < -0.39 is 0 Å². The summed E-state index contributed by atoms with van der Waals surface area (Å²) in [5, 5.41) is 3.64. The summed E-state index contributed by atoms with van der Waals surface area (Å²) >= 11 is 1.47. The van der Waals surface area contributed by atoms with Gasteiger partial charge < -0.3 is 5.32 Å². The average Bonchev–Trinajstić information content (AvgIpc) is 2.59. The normalized spacial score (nSPS) is 24.8. The van der Waals surface area contributed by atoms with Gasteiger partial charge in [-0.15, -0.1) is 11.8 Å². The standard InChI is InChI=1S/C14H19F2NS/c1-17-12-5-3-2-4-6-13(12)18-14-9-10(15)7-8-11(14)16/h7-9,12-13,17H,2-6H2,1H3. The summed E-state index contributed by atoms with van der Waals surface area (Å²) < 4.78 is 26.8. The Labute approximate surface area is 111 Å². The molecule has 0 radical (unpaired) electrons. The first-order chi connectivity index (χ1) is 8.70. The van der Waals surface area contributed by atoms with Crippen molar-refractivity contribution < 1.29 is 8.78 Å².